The molecule has 1 fully saturated rings. The van der Waals surface area contributed by atoms with Crippen molar-refractivity contribution in [1.29, 1.82) is 0 Å². The van der Waals surface area contributed by atoms with Crippen LogP contribution in [0.2, 0.25) is 0 Å². The average molecular weight is 535 g/mol. The predicted molar refractivity (Wildman–Crippen MR) is 173 cm³/mol. The Morgan fingerprint density at radius 1 is 0.342 bits per heavy atom. The van der Waals surface area contributed by atoms with Crippen LogP contribution in [0.5, 0.6) is 0 Å². The summed E-state index contributed by atoms with van der Waals surface area (Å²) in [6.07, 6.45) is 40.4. The van der Waals surface area contributed by atoms with Gasteiger partial charge in [0, 0.05) is 0 Å². The van der Waals surface area contributed by atoms with Crippen LogP contribution >= 0.6 is 0 Å². The zero-order valence-electron chi connectivity index (χ0n) is 26.7. The Morgan fingerprint density at radius 2 is 0.579 bits per heavy atom. The molecule has 38 heavy (non-hydrogen) atoms. The first-order chi connectivity index (χ1) is 18.8. The fourth-order valence-corrected chi connectivity index (χ4v) is 7.50. The highest BCUT2D eigenvalue weighted by Crippen LogP contribution is 2.46. The van der Waals surface area contributed by atoms with Crippen LogP contribution in [0.3, 0.4) is 0 Å². The minimum atomic E-state index is 0.871. The van der Waals surface area contributed by atoms with E-state index >= 15 is 0 Å². The maximum absolute atomic E-state index is 5.72. The third-order valence-corrected chi connectivity index (χ3v) is 9.96. The molecule has 0 radical (unpaired) electrons. The zero-order valence-corrected chi connectivity index (χ0v) is 26.7. The normalized spacial score (nSPS) is 21.8. The molecule has 1 rings (SSSR count). The molecule has 0 heterocycles. The molecule has 0 bridgehead atoms. The van der Waals surface area contributed by atoms with Crippen LogP contribution in [0.4, 0.5) is 0 Å². The Balaban J connectivity index is 2.64. The van der Waals surface area contributed by atoms with Gasteiger partial charge in [-0.15, -0.1) is 0 Å². The molecule has 0 aromatic carbocycles. The van der Waals surface area contributed by atoms with Crippen LogP contribution < -0.4 is 11.5 Å². The van der Waals surface area contributed by atoms with Crippen LogP contribution in [0.15, 0.2) is 0 Å². The molecule has 1 aliphatic rings. The lowest BCUT2D eigenvalue weighted by Gasteiger charge is -2.42. The van der Waals surface area contributed by atoms with Crippen LogP contribution in [-0.4, -0.2) is 13.1 Å². The molecule has 1 saturated carbocycles. The Hall–Kier alpha value is -0.0800. The second kappa shape index (κ2) is 27.1. The maximum Gasteiger partial charge on any atom is -0.00773 e. The Labute approximate surface area is 241 Å². The molecular formula is C36H74N2. The van der Waals surface area contributed by atoms with E-state index in [1.54, 1.807) is 12.8 Å². The molecule has 1 aliphatic carbocycles. The van der Waals surface area contributed by atoms with E-state index < -0.39 is 0 Å². The molecule has 2 nitrogen and oxygen atoms in total. The van der Waals surface area contributed by atoms with Crippen molar-refractivity contribution in [2.75, 3.05) is 13.1 Å². The van der Waals surface area contributed by atoms with Gasteiger partial charge in [0.05, 0.1) is 0 Å². The van der Waals surface area contributed by atoms with Gasteiger partial charge in [-0.25, -0.2) is 0 Å². The summed E-state index contributed by atoms with van der Waals surface area (Å²) in [5.41, 5.74) is 11.4. The molecule has 2 heteroatoms. The minimum Gasteiger partial charge on any atom is -0.330 e. The molecule has 0 spiro atoms. The number of nitrogens with two attached hydrogens (primary N) is 2. The molecule has 4 N–H and O–H groups in total. The second-order valence-corrected chi connectivity index (χ2v) is 13.3. The largest absolute Gasteiger partial charge is 0.330 e. The van der Waals surface area contributed by atoms with Gasteiger partial charge < -0.3 is 11.5 Å². The number of unbranched alkanes of at least 4 members (excludes halogenated alkanes) is 18. The van der Waals surface area contributed by atoms with Gasteiger partial charge in [-0.2, -0.15) is 0 Å². The van der Waals surface area contributed by atoms with Gasteiger partial charge in [0.1, 0.15) is 0 Å². The Kier molecular flexibility index (Phi) is 25.6. The fourth-order valence-electron chi connectivity index (χ4n) is 7.50. The summed E-state index contributed by atoms with van der Waals surface area (Å²) < 4.78 is 0. The van der Waals surface area contributed by atoms with Crippen molar-refractivity contribution in [3.05, 3.63) is 0 Å². The molecule has 0 aromatic rings. The van der Waals surface area contributed by atoms with Crippen LogP contribution in [0, 0.1) is 23.7 Å². The lowest BCUT2D eigenvalue weighted by molar-refractivity contribution is 0.0814. The summed E-state index contributed by atoms with van der Waals surface area (Å²) in [5.74, 6) is 4.09. The SMILES string of the molecule is CCCCCCCCC1CC(CCCCCCC)C(CCCCCCCN)CC1CCCCCCCCN. The van der Waals surface area contributed by atoms with Crippen molar-refractivity contribution < 1.29 is 0 Å². The van der Waals surface area contributed by atoms with Crippen molar-refractivity contribution in [2.45, 2.75) is 194 Å². The minimum absolute atomic E-state index is 0.871. The molecule has 4 atom stereocenters. The standard InChI is InChI=1S/C36H74N2/c1-3-5-7-9-14-20-26-34-31-33(25-19-13-8-6-4-2)36(28-22-16-12-18-24-30-38)32-35(34)27-21-15-10-11-17-23-29-37/h33-36H,3-32,37-38H2,1-2H3. The number of hydrogen-bond acceptors (Lipinski definition) is 2. The van der Waals surface area contributed by atoms with Crippen molar-refractivity contribution in [2.24, 2.45) is 35.1 Å². The van der Waals surface area contributed by atoms with Crippen molar-refractivity contribution >= 4 is 0 Å². The van der Waals surface area contributed by atoms with E-state index in [-0.39, 0.29) is 0 Å². The highest BCUT2D eigenvalue weighted by molar-refractivity contribution is 4.86. The van der Waals surface area contributed by atoms with Crippen LogP contribution in [0.1, 0.15) is 194 Å². The van der Waals surface area contributed by atoms with Gasteiger partial charge >= 0.3 is 0 Å². The zero-order chi connectivity index (χ0) is 27.5. The quantitative estimate of drug-likeness (QED) is 0.0980. The van der Waals surface area contributed by atoms with E-state index in [1.807, 2.05) is 0 Å². The molecule has 0 saturated heterocycles. The Morgan fingerprint density at radius 3 is 0.842 bits per heavy atom. The third kappa shape index (κ3) is 19.1. The monoisotopic (exact) mass is 535 g/mol. The lowest BCUT2D eigenvalue weighted by atomic mass is 9.63. The van der Waals surface area contributed by atoms with Gasteiger partial charge in [0.15, 0.2) is 0 Å². The summed E-state index contributed by atoms with van der Waals surface area (Å²) in [5, 5.41) is 0. The summed E-state index contributed by atoms with van der Waals surface area (Å²) in [6.45, 7) is 6.43. The topological polar surface area (TPSA) is 52.0 Å². The molecular weight excluding hydrogens is 460 g/mol. The van der Waals surface area contributed by atoms with Gasteiger partial charge in [-0.05, 0) is 62.4 Å². The lowest BCUT2D eigenvalue weighted by Crippen LogP contribution is -2.32. The molecule has 0 amide bonds. The van der Waals surface area contributed by atoms with Gasteiger partial charge in [-0.3, -0.25) is 0 Å². The van der Waals surface area contributed by atoms with Crippen molar-refractivity contribution in [3.63, 3.8) is 0 Å². The summed E-state index contributed by atoms with van der Waals surface area (Å²) in [4.78, 5) is 0. The molecule has 0 aromatic heterocycles. The summed E-state index contributed by atoms with van der Waals surface area (Å²) in [7, 11) is 0. The van der Waals surface area contributed by atoms with Crippen LogP contribution in [0.25, 0.3) is 0 Å². The van der Waals surface area contributed by atoms with Gasteiger partial charge in [0.2, 0.25) is 0 Å². The highest BCUT2D eigenvalue weighted by atomic mass is 14.5. The first kappa shape index (κ1) is 35.9. The molecule has 228 valence electrons. The van der Waals surface area contributed by atoms with Gasteiger partial charge in [-0.1, -0.05) is 168 Å². The highest BCUT2D eigenvalue weighted by Gasteiger charge is 2.35. The maximum atomic E-state index is 5.72. The first-order valence-electron chi connectivity index (χ1n) is 18.2. The number of hydrogen-bond donors (Lipinski definition) is 2. The van der Waals surface area contributed by atoms with E-state index in [9.17, 15) is 0 Å². The van der Waals surface area contributed by atoms with Gasteiger partial charge in [0.25, 0.3) is 0 Å². The average Bonchev–Trinajstić information content (AvgIpc) is 2.93. The van der Waals surface area contributed by atoms with E-state index in [2.05, 4.69) is 13.8 Å². The van der Waals surface area contributed by atoms with Crippen molar-refractivity contribution in [1.82, 2.24) is 0 Å². The second-order valence-electron chi connectivity index (χ2n) is 13.3. The summed E-state index contributed by atoms with van der Waals surface area (Å²) >= 11 is 0. The predicted octanol–water partition coefficient (Wildman–Crippen LogP) is 11.3. The fraction of sp³-hybridized carbons (Fsp3) is 1.00. The molecule has 0 aliphatic heterocycles. The van der Waals surface area contributed by atoms with E-state index in [4.69, 9.17) is 11.5 Å². The third-order valence-electron chi connectivity index (χ3n) is 9.96. The van der Waals surface area contributed by atoms with Crippen molar-refractivity contribution in [3.8, 4) is 0 Å². The Bertz CT molecular complexity index is 464. The smallest absolute Gasteiger partial charge is 0.00773 e. The van der Waals surface area contributed by atoms with E-state index in [0.29, 0.717) is 0 Å². The van der Waals surface area contributed by atoms with E-state index in [0.717, 1.165) is 36.8 Å². The molecule has 4 unspecified atom stereocenters. The summed E-state index contributed by atoms with van der Waals surface area (Å²) in [6, 6.07) is 0. The number of rotatable bonds is 28. The van der Waals surface area contributed by atoms with E-state index in [1.165, 1.54) is 167 Å². The first-order valence-corrected chi connectivity index (χ1v) is 18.2. The van der Waals surface area contributed by atoms with Crippen LogP contribution in [-0.2, 0) is 0 Å².